The van der Waals surface area contributed by atoms with E-state index in [-0.39, 0.29) is 17.4 Å². The Balaban J connectivity index is 1.92. The number of hydrogen-bond donors (Lipinski definition) is 2. The molecule has 2 rings (SSSR count). The third-order valence-electron chi connectivity index (χ3n) is 4.84. The lowest BCUT2D eigenvalue weighted by atomic mass is 9.81. The van der Waals surface area contributed by atoms with Gasteiger partial charge in [0.15, 0.2) is 0 Å². The third-order valence-corrected chi connectivity index (χ3v) is 4.84. The normalized spacial score (nSPS) is 28.5. The van der Waals surface area contributed by atoms with Gasteiger partial charge in [0.1, 0.15) is 0 Å². The van der Waals surface area contributed by atoms with Crippen molar-refractivity contribution >= 4 is 12.0 Å². The molecule has 120 valence electrons. The van der Waals surface area contributed by atoms with E-state index in [1.54, 1.807) is 12.0 Å². The number of carboxylic acids is 1. The molecule has 1 aliphatic carbocycles. The summed E-state index contributed by atoms with van der Waals surface area (Å²) in [7, 11) is 1.64. The van der Waals surface area contributed by atoms with Crippen molar-refractivity contribution in [1.29, 1.82) is 0 Å². The van der Waals surface area contributed by atoms with Crippen molar-refractivity contribution in [2.24, 2.45) is 16.7 Å². The first-order chi connectivity index (χ1) is 9.81. The number of ether oxygens (including phenoxy) is 1. The third kappa shape index (κ3) is 3.15. The largest absolute Gasteiger partial charge is 0.481 e. The number of carbonyl (C=O) groups is 2. The van der Waals surface area contributed by atoms with Crippen LogP contribution in [0, 0.1) is 16.7 Å². The predicted molar refractivity (Wildman–Crippen MR) is 78.0 cm³/mol. The molecule has 2 aliphatic rings. The second-order valence-corrected chi connectivity index (χ2v) is 7.19. The lowest BCUT2D eigenvalue weighted by molar-refractivity contribution is -0.149. The van der Waals surface area contributed by atoms with E-state index in [9.17, 15) is 14.7 Å². The summed E-state index contributed by atoms with van der Waals surface area (Å²) in [6, 6.07) is -0.158. The van der Waals surface area contributed by atoms with Crippen molar-refractivity contribution in [1.82, 2.24) is 10.2 Å². The highest BCUT2D eigenvalue weighted by Gasteiger charge is 2.55. The number of aliphatic carboxylic acids is 1. The fourth-order valence-electron chi connectivity index (χ4n) is 3.66. The van der Waals surface area contributed by atoms with E-state index >= 15 is 0 Å². The van der Waals surface area contributed by atoms with Crippen molar-refractivity contribution in [3.8, 4) is 0 Å². The molecule has 2 amide bonds. The Labute approximate surface area is 125 Å². The van der Waals surface area contributed by atoms with Gasteiger partial charge in [-0.3, -0.25) is 4.79 Å². The maximum absolute atomic E-state index is 12.3. The molecule has 0 aromatic rings. The predicted octanol–water partition coefficient (Wildman–Crippen LogP) is 1.56. The van der Waals surface area contributed by atoms with Crippen molar-refractivity contribution in [3.63, 3.8) is 0 Å². The molecule has 0 radical (unpaired) electrons. The average Bonchev–Trinajstić information content (AvgIpc) is 2.93. The SMILES string of the molecule is COCC(C)(C)CNC(=O)N1C[C@@H]2CCC[C@@]2(C(=O)O)C1. The van der Waals surface area contributed by atoms with Gasteiger partial charge in [-0.15, -0.1) is 0 Å². The van der Waals surface area contributed by atoms with Crippen LogP contribution in [0.2, 0.25) is 0 Å². The van der Waals surface area contributed by atoms with E-state index in [0.717, 1.165) is 12.8 Å². The minimum atomic E-state index is -0.750. The van der Waals surface area contributed by atoms with E-state index in [1.165, 1.54) is 0 Å². The molecule has 21 heavy (non-hydrogen) atoms. The van der Waals surface area contributed by atoms with Gasteiger partial charge in [0, 0.05) is 32.2 Å². The molecule has 6 nitrogen and oxygen atoms in total. The lowest BCUT2D eigenvalue weighted by Gasteiger charge is -2.27. The first-order valence-electron chi connectivity index (χ1n) is 7.56. The Hall–Kier alpha value is -1.30. The number of carbonyl (C=O) groups excluding carboxylic acids is 1. The molecular formula is C15H26N2O4. The molecule has 2 fully saturated rings. The standard InChI is InChI=1S/C15H26N2O4/c1-14(2,10-21-3)8-16-13(20)17-7-11-5-4-6-15(11,9-17)12(18)19/h11H,4-10H2,1-3H3,(H,16,20)(H,18,19)/t11-,15+/m0/s1. The minimum Gasteiger partial charge on any atom is -0.481 e. The highest BCUT2D eigenvalue weighted by Crippen LogP contribution is 2.48. The number of nitrogens with one attached hydrogen (secondary N) is 1. The van der Waals surface area contributed by atoms with Crippen LogP contribution in [-0.4, -0.2) is 55.4 Å². The zero-order chi connectivity index (χ0) is 15.7. The fraction of sp³-hybridized carbons (Fsp3) is 0.867. The molecule has 2 N–H and O–H groups in total. The van der Waals surface area contributed by atoms with Crippen LogP contribution >= 0.6 is 0 Å². The van der Waals surface area contributed by atoms with Crippen LogP contribution in [0.1, 0.15) is 33.1 Å². The Morgan fingerprint density at radius 3 is 2.76 bits per heavy atom. The number of amides is 2. The van der Waals surface area contributed by atoms with Gasteiger partial charge < -0.3 is 20.1 Å². The molecule has 0 aromatic carbocycles. The summed E-state index contributed by atoms with van der Waals surface area (Å²) in [4.78, 5) is 25.5. The molecule has 1 saturated heterocycles. The Morgan fingerprint density at radius 2 is 2.19 bits per heavy atom. The monoisotopic (exact) mass is 298 g/mol. The quantitative estimate of drug-likeness (QED) is 0.807. The van der Waals surface area contributed by atoms with Gasteiger partial charge >= 0.3 is 12.0 Å². The molecular weight excluding hydrogens is 272 g/mol. The van der Waals surface area contributed by atoms with Crippen LogP contribution in [0.5, 0.6) is 0 Å². The number of rotatable bonds is 5. The Kier molecular flexibility index (Phi) is 4.46. The van der Waals surface area contributed by atoms with Crippen molar-refractivity contribution in [2.75, 3.05) is 33.4 Å². The van der Waals surface area contributed by atoms with E-state index in [1.807, 2.05) is 13.8 Å². The van der Waals surface area contributed by atoms with Crippen LogP contribution in [0.3, 0.4) is 0 Å². The maximum Gasteiger partial charge on any atom is 0.317 e. The highest BCUT2D eigenvalue weighted by molar-refractivity contribution is 5.80. The first kappa shape index (κ1) is 16.1. The average molecular weight is 298 g/mol. The maximum atomic E-state index is 12.3. The number of carboxylic acid groups (broad SMARTS) is 1. The van der Waals surface area contributed by atoms with Crippen molar-refractivity contribution in [2.45, 2.75) is 33.1 Å². The van der Waals surface area contributed by atoms with Crippen LogP contribution in [-0.2, 0) is 9.53 Å². The lowest BCUT2D eigenvalue weighted by Crippen LogP contribution is -2.45. The number of fused-ring (bicyclic) bond motifs is 1. The Morgan fingerprint density at radius 1 is 1.48 bits per heavy atom. The number of hydrogen-bond acceptors (Lipinski definition) is 3. The van der Waals surface area contributed by atoms with Crippen LogP contribution in [0.25, 0.3) is 0 Å². The number of urea groups is 1. The Bertz CT molecular complexity index is 424. The summed E-state index contributed by atoms with van der Waals surface area (Å²) in [5.41, 5.74) is -0.843. The minimum absolute atomic E-state index is 0.104. The number of nitrogens with zero attached hydrogens (tertiary/aromatic N) is 1. The van der Waals surface area contributed by atoms with Gasteiger partial charge in [-0.2, -0.15) is 0 Å². The van der Waals surface area contributed by atoms with Crippen LogP contribution in [0.15, 0.2) is 0 Å². The van der Waals surface area contributed by atoms with Crippen molar-refractivity contribution < 1.29 is 19.4 Å². The van der Waals surface area contributed by atoms with Gasteiger partial charge in [-0.05, 0) is 18.8 Å². The van der Waals surface area contributed by atoms with E-state index in [0.29, 0.717) is 32.7 Å². The second-order valence-electron chi connectivity index (χ2n) is 7.19. The molecule has 0 bridgehead atoms. The molecule has 2 atom stereocenters. The van der Waals surface area contributed by atoms with E-state index in [2.05, 4.69) is 5.32 Å². The summed E-state index contributed by atoms with van der Waals surface area (Å²) in [5, 5.41) is 12.4. The van der Waals surface area contributed by atoms with Gasteiger partial charge in [0.2, 0.25) is 0 Å². The van der Waals surface area contributed by atoms with Crippen molar-refractivity contribution in [3.05, 3.63) is 0 Å². The molecule has 0 unspecified atom stereocenters. The number of likely N-dealkylation sites (tertiary alicyclic amines) is 1. The molecule has 6 heteroatoms. The summed E-state index contributed by atoms with van der Waals surface area (Å²) in [5.74, 6) is -0.646. The summed E-state index contributed by atoms with van der Waals surface area (Å²) >= 11 is 0. The van der Waals surface area contributed by atoms with E-state index in [4.69, 9.17) is 4.74 Å². The van der Waals surface area contributed by atoms with E-state index < -0.39 is 11.4 Å². The fourth-order valence-corrected chi connectivity index (χ4v) is 3.66. The van der Waals surface area contributed by atoms with Crippen LogP contribution in [0.4, 0.5) is 4.79 Å². The highest BCUT2D eigenvalue weighted by atomic mass is 16.5. The van der Waals surface area contributed by atoms with Gasteiger partial charge in [0.05, 0.1) is 12.0 Å². The zero-order valence-corrected chi connectivity index (χ0v) is 13.1. The second kappa shape index (κ2) is 5.83. The van der Waals surface area contributed by atoms with Gasteiger partial charge in [-0.1, -0.05) is 20.3 Å². The molecule has 1 aliphatic heterocycles. The number of methoxy groups -OCH3 is 1. The van der Waals surface area contributed by atoms with Gasteiger partial charge in [0.25, 0.3) is 0 Å². The topological polar surface area (TPSA) is 78.9 Å². The first-order valence-corrected chi connectivity index (χ1v) is 7.56. The molecule has 1 saturated carbocycles. The molecule has 0 spiro atoms. The van der Waals surface area contributed by atoms with Gasteiger partial charge in [-0.25, -0.2) is 4.79 Å². The molecule has 1 heterocycles. The smallest absolute Gasteiger partial charge is 0.317 e. The van der Waals surface area contributed by atoms with Crippen LogP contribution < -0.4 is 5.32 Å². The summed E-state index contributed by atoms with van der Waals surface area (Å²) in [6.45, 7) is 6.02. The summed E-state index contributed by atoms with van der Waals surface area (Å²) < 4.78 is 5.13. The zero-order valence-electron chi connectivity index (χ0n) is 13.1. The molecule has 0 aromatic heterocycles. The summed E-state index contributed by atoms with van der Waals surface area (Å²) in [6.07, 6.45) is 2.55.